The number of rotatable bonds is 2. The molecule has 7 heteroatoms. The summed E-state index contributed by atoms with van der Waals surface area (Å²) >= 11 is 10.2. The number of halogens is 2. The Bertz CT molecular complexity index is 517. The number of carbonyl (C=O) groups is 1. The highest BCUT2D eigenvalue weighted by molar-refractivity contribution is 9.10. The summed E-state index contributed by atoms with van der Waals surface area (Å²) in [5.74, 6) is -0.252. The van der Waals surface area contributed by atoms with Crippen molar-refractivity contribution in [3.63, 3.8) is 0 Å². The summed E-state index contributed by atoms with van der Waals surface area (Å²) in [6.45, 7) is 0. The fourth-order valence-electron chi connectivity index (χ4n) is 1.05. The number of hydrogen-bond donors (Lipinski definition) is 1. The molecule has 1 heterocycles. The van der Waals surface area contributed by atoms with E-state index in [9.17, 15) is 4.79 Å². The van der Waals surface area contributed by atoms with Crippen LogP contribution in [-0.4, -0.2) is 15.5 Å². The predicted octanol–water partition coefficient (Wildman–Crippen LogP) is 3.21. The molecule has 1 N–H and O–H groups in total. The third-order valence-corrected chi connectivity index (χ3v) is 3.85. The van der Waals surface area contributed by atoms with Crippen LogP contribution in [0.15, 0.2) is 28.9 Å². The molecule has 0 fully saturated rings. The molecule has 0 bridgehead atoms. The van der Waals surface area contributed by atoms with E-state index in [0.29, 0.717) is 20.1 Å². The van der Waals surface area contributed by atoms with E-state index in [1.54, 1.807) is 18.2 Å². The molecule has 1 amide bonds. The Morgan fingerprint density at radius 1 is 1.50 bits per heavy atom. The van der Waals surface area contributed by atoms with Crippen LogP contribution in [0, 0.1) is 0 Å². The zero-order valence-electron chi connectivity index (χ0n) is 7.78. The monoisotopic (exact) mass is 317 g/mol. The average Bonchev–Trinajstić information content (AvgIpc) is 2.78. The summed E-state index contributed by atoms with van der Waals surface area (Å²) in [5, 5.41) is 6.85. The van der Waals surface area contributed by atoms with Crippen molar-refractivity contribution >= 4 is 50.7 Å². The number of anilines is 1. The van der Waals surface area contributed by atoms with Gasteiger partial charge in [-0.05, 0) is 39.6 Å². The van der Waals surface area contributed by atoms with Gasteiger partial charge in [0, 0.05) is 0 Å². The first-order valence-electron chi connectivity index (χ1n) is 4.21. The zero-order chi connectivity index (χ0) is 11.5. The Hall–Kier alpha value is -0.980. The standard InChI is InChI=1S/C9H5BrClN3OS/c10-8-5(11)2-1-3-6(8)13-9(15)7-4-12-14-16-7/h1-4H,(H,13,15). The fraction of sp³-hybridized carbons (Fsp3) is 0. The van der Waals surface area contributed by atoms with Gasteiger partial charge in [0.2, 0.25) is 0 Å². The summed E-state index contributed by atoms with van der Waals surface area (Å²) in [6.07, 6.45) is 1.42. The topological polar surface area (TPSA) is 54.9 Å². The smallest absolute Gasteiger partial charge is 0.269 e. The van der Waals surface area contributed by atoms with Gasteiger partial charge in [0.05, 0.1) is 21.4 Å². The van der Waals surface area contributed by atoms with E-state index in [4.69, 9.17) is 11.6 Å². The molecule has 0 saturated heterocycles. The van der Waals surface area contributed by atoms with Gasteiger partial charge in [0.1, 0.15) is 4.88 Å². The second-order valence-corrected chi connectivity index (χ2v) is 4.82. The van der Waals surface area contributed by atoms with Crippen molar-refractivity contribution in [2.75, 3.05) is 5.32 Å². The first-order valence-corrected chi connectivity index (χ1v) is 6.15. The second kappa shape index (κ2) is 4.90. The highest BCUT2D eigenvalue weighted by Gasteiger charge is 2.11. The first-order chi connectivity index (χ1) is 7.68. The van der Waals surface area contributed by atoms with Crippen LogP contribution in [-0.2, 0) is 0 Å². The Morgan fingerprint density at radius 3 is 3.00 bits per heavy atom. The molecule has 0 atom stereocenters. The Morgan fingerprint density at radius 2 is 2.31 bits per heavy atom. The quantitative estimate of drug-likeness (QED) is 0.925. The molecule has 0 radical (unpaired) electrons. The summed E-state index contributed by atoms with van der Waals surface area (Å²) in [5.41, 5.74) is 0.617. The number of carbonyl (C=O) groups excluding carboxylic acids is 1. The van der Waals surface area contributed by atoms with Gasteiger partial charge in [-0.2, -0.15) is 0 Å². The van der Waals surface area contributed by atoms with Crippen LogP contribution in [0.3, 0.4) is 0 Å². The third kappa shape index (κ3) is 2.40. The molecule has 0 aliphatic heterocycles. The molecule has 0 aliphatic carbocycles. The molecule has 0 spiro atoms. The Kier molecular flexibility index (Phi) is 3.52. The Balaban J connectivity index is 2.22. The number of nitrogens with one attached hydrogen (secondary N) is 1. The van der Waals surface area contributed by atoms with E-state index in [-0.39, 0.29) is 5.91 Å². The maximum atomic E-state index is 11.7. The lowest BCUT2D eigenvalue weighted by molar-refractivity contribution is 0.103. The second-order valence-electron chi connectivity index (χ2n) is 2.84. The summed E-state index contributed by atoms with van der Waals surface area (Å²) < 4.78 is 4.27. The predicted molar refractivity (Wildman–Crippen MR) is 67.0 cm³/mol. The molecule has 2 aromatic rings. The van der Waals surface area contributed by atoms with Crippen LogP contribution in [0.1, 0.15) is 9.67 Å². The lowest BCUT2D eigenvalue weighted by Crippen LogP contribution is -2.10. The van der Waals surface area contributed by atoms with E-state index in [1.165, 1.54) is 6.20 Å². The van der Waals surface area contributed by atoms with Crippen LogP contribution >= 0.6 is 39.1 Å². The van der Waals surface area contributed by atoms with E-state index >= 15 is 0 Å². The molecule has 2 rings (SSSR count). The molecule has 1 aromatic carbocycles. The number of aromatic nitrogens is 2. The maximum absolute atomic E-state index is 11.7. The van der Waals surface area contributed by atoms with Crippen molar-refractivity contribution < 1.29 is 4.79 Å². The zero-order valence-corrected chi connectivity index (χ0v) is 10.9. The minimum atomic E-state index is -0.252. The highest BCUT2D eigenvalue weighted by Crippen LogP contribution is 2.30. The molecular weight excluding hydrogens is 314 g/mol. The summed E-state index contributed by atoms with van der Waals surface area (Å²) in [4.78, 5) is 12.1. The van der Waals surface area contributed by atoms with Gasteiger partial charge in [0.15, 0.2) is 0 Å². The third-order valence-electron chi connectivity index (χ3n) is 1.78. The summed E-state index contributed by atoms with van der Waals surface area (Å²) in [6, 6.07) is 5.24. The minimum Gasteiger partial charge on any atom is -0.320 e. The number of nitrogens with zero attached hydrogens (tertiary/aromatic N) is 2. The number of hydrogen-bond acceptors (Lipinski definition) is 4. The van der Waals surface area contributed by atoms with Crippen LogP contribution in [0.5, 0.6) is 0 Å². The molecular formula is C9H5BrClN3OS. The molecule has 82 valence electrons. The van der Waals surface area contributed by atoms with Gasteiger partial charge < -0.3 is 5.32 Å². The lowest BCUT2D eigenvalue weighted by atomic mass is 10.3. The van der Waals surface area contributed by atoms with E-state index in [2.05, 4.69) is 30.8 Å². The van der Waals surface area contributed by atoms with Crippen molar-refractivity contribution in [2.24, 2.45) is 0 Å². The SMILES string of the molecule is O=C(Nc1cccc(Cl)c1Br)c1cnns1. The van der Waals surface area contributed by atoms with Gasteiger partial charge in [-0.25, -0.2) is 0 Å². The van der Waals surface area contributed by atoms with Gasteiger partial charge in [-0.3, -0.25) is 4.79 Å². The normalized spacial score (nSPS) is 10.1. The van der Waals surface area contributed by atoms with Crippen LogP contribution in [0.4, 0.5) is 5.69 Å². The summed E-state index contributed by atoms with van der Waals surface area (Å²) in [7, 11) is 0. The van der Waals surface area contributed by atoms with Crippen molar-refractivity contribution in [3.05, 3.63) is 38.8 Å². The van der Waals surface area contributed by atoms with Crippen LogP contribution in [0.2, 0.25) is 5.02 Å². The molecule has 0 unspecified atom stereocenters. The molecule has 0 aliphatic rings. The minimum absolute atomic E-state index is 0.252. The molecule has 1 aromatic heterocycles. The molecule has 0 saturated carbocycles. The number of amides is 1. The van der Waals surface area contributed by atoms with E-state index < -0.39 is 0 Å². The highest BCUT2D eigenvalue weighted by atomic mass is 79.9. The Labute approximate surface area is 109 Å². The van der Waals surface area contributed by atoms with Gasteiger partial charge in [-0.1, -0.05) is 22.2 Å². The molecule has 16 heavy (non-hydrogen) atoms. The average molecular weight is 319 g/mol. The number of benzene rings is 1. The first kappa shape index (κ1) is 11.5. The van der Waals surface area contributed by atoms with Crippen molar-refractivity contribution in [3.8, 4) is 0 Å². The van der Waals surface area contributed by atoms with Crippen molar-refractivity contribution in [1.82, 2.24) is 9.59 Å². The maximum Gasteiger partial charge on any atom is 0.269 e. The van der Waals surface area contributed by atoms with Crippen LogP contribution in [0.25, 0.3) is 0 Å². The van der Waals surface area contributed by atoms with Gasteiger partial charge >= 0.3 is 0 Å². The van der Waals surface area contributed by atoms with Gasteiger partial charge in [-0.15, -0.1) is 5.10 Å². The van der Waals surface area contributed by atoms with Gasteiger partial charge in [0.25, 0.3) is 5.91 Å². The largest absolute Gasteiger partial charge is 0.320 e. The van der Waals surface area contributed by atoms with Crippen molar-refractivity contribution in [1.29, 1.82) is 0 Å². The van der Waals surface area contributed by atoms with E-state index in [1.807, 2.05) is 0 Å². The van der Waals surface area contributed by atoms with Crippen molar-refractivity contribution in [2.45, 2.75) is 0 Å². The fourth-order valence-corrected chi connectivity index (χ4v) is 2.00. The molecule has 4 nitrogen and oxygen atoms in total. The van der Waals surface area contributed by atoms with Crippen LogP contribution < -0.4 is 5.32 Å². The van der Waals surface area contributed by atoms with E-state index in [0.717, 1.165) is 11.5 Å². The lowest BCUT2D eigenvalue weighted by Gasteiger charge is -2.06.